The Morgan fingerprint density at radius 2 is 2.10 bits per heavy atom. The number of nitrogens with zero attached hydrogens (tertiary/aromatic N) is 1. The van der Waals surface area contributed by atoms with Gasteiger partial charge in [-0.05, 0) is 50.0 Å². The highest BCUT2D eigenvalue weighted by atomic mass is 16.5. The van der Waals surface area contributed by atoms with Crippen molar-refractivity contribution in [1.29, 1.82) is 0 Å². The van der Waals surface area contributed by atoms with Gasteiger partial charge in [0.05, 0.1) is 7.11 Å². The van der Waals surface area contributed by atoms with Crippen LogP contribution in [0.25, 0.3) is 6.08 Å². The summed E-state index contributed by atoms with van der Waals surface area (Å²) in [4.78, 5) is 14.4. The minimum atomic E-state index is 0.0495. The molecule has 2 rings (SSSR count). The van der Waals surface area contributed by atoms with Crippen molar-refractivity contribution >= 4 is 12.0 Å². The summed E-state index contributed by atoms with van der Waals surface area (Å²) < 4.78 is 5.12. The second-order valence-corrected chi connectivity index (χ2v) is 5.52. The van der Waals surface area contributed by atoms with Gasteiger partial charge in [0.1, 0.15) is 5.75 Å². The van der Waals surface area contributed by atoms with Crippen LogP contribution in [-0.4, -0.2) is 36.5 Å². The molecule has 0 saturated carbocycles. The Labute approximate surface area is 126 Å². The first kappa shape index (κ1) is 15.6. The average Bonchev–Trinajstić information content (AvgIpc) is 2.52. The fourth-order valence-electron chi connectivity index (χ4n) is 2.88. The molecule has 2 N–H and O–H groups in total. The van der Waals surface area contributed by atoms with Gasteiger partial charge in [0.25, 0.3) is 0 Å². The molecule has 4 heteroatoms. The van der Waals surface area contributed by atoms with Crippen LogP contribution in [0.5, 0.6) is 5.75 Å². The largest absolute Gasteiger partial charge is 0.497 e. The van der Waals surface area contributed by atoms with Gasteiger partial charge in [-0.15, -0.1) is 0 Å². The van der Waals surface area contributed by atoms with Gasteiger partial charge in [0.15, 0.2) is 0 Å². The molecule has 1 saturated heterocycles. The number of carbonyl (C=O) groups excluding carboxylic acids is 1. The number of hydrogen-bond acceptors (Lipinski definition) is 3. The van der Waals surface area contributed by atoms with E-state index in [4.69, 9.17) is 10.5 Å². The van der Waals surface area contributed by atoms with E-state index in [0.717, 1.165) is 30.6 Å². The molecule has 4 nitrogen and oxygen atoms in total. The average molecular weight is 288 g/mol. The number of nitrogens with two attached hydrogens (primary N) is 1. The Kier molecular flexibility index (Phi) is 5.39. The lowest BCUT2D eigenvalue weighted by atomic mass is 9.96. The summed E-state index contributed by atoms with van der Waals surface area (Å²) in [5.74, 6) is 0.861. The predicted octanol–water partition coefficient (Wildman–Crippen LogP) is 2.44. The summed E-state index contributed by atoms with van der Waals surface area (Å²) in [6.07, 6.45) is 6.69. The van der Waals surface area contributed by atoms with Gasteiger partial charge < -0.3 is 15.4 Å². The van der Waals surface area contributed by atoms with Crippen molar-refractivity contribution in [3.63, 3.8) is 0 Å². The van der Waals surface area contributed by atoms with E-state index >= 15 is 0 Å². The normalized spacial score (nSPS) is 22.5. The van der Waals surface area contributed by atoms with Crippen molar-refractivity contribution in [2.45, 2.75) is 38.3 Å². The molecule has 1 aliphatic heterocycles. The number of ether oxygens (including phenoxy) is 1. The van der Waals surface area contributed by atoms with Gasteiger partial charge in [-0.2, -0.15) is 0 Å². The molecule has 1 aromatic carbocycles. The van der Waals surface area contributed by atoms with Gasteiger partial charge in [-0.1, -0.05) is 12.1 Å². The van der Waals surface area contributed by atoms with E-state index in [2.05, 4.69) is 6.92 Å². The second-order valence-electron chi connectivity index (χ2n) is 5.52. The third kappa shape index (κ3) is 3.85. The number of methoxy groups -OCH3 is 1. The van der Waals surface area contributed by atoms with E-state index in [-0.39, 0.29) is 18.0 Å². The monoisotopic (exact) mass is 288 g/mol. The lowest BCUT2D eigenvalue weighted by Gasteiger charge is -2.39. The van der Waals surface area contributed by atoms with Crippen LogP contribution in [-0.2, 0) is 4.79 Å². The van der Waals surface area contributed by atoms with Crippen molar-refractivity contribution < 1.29 is 9.53 Å². The number of hydrogen-bond donors (Lipinski definition) is 1. The van der Waals surface area contributed by atoms with Gasteiger partial charge >= 0.3 is 0 Å². The van der Waals surface area contributed by atoms with Crippen LogP contribution in [0.1, 0.15) is 31.7 Å². The zero-order valence-electron chi connectivity index (χ0n) is 12.8. The highest BCUT2D eigenvalue weighted by molar-refractivity contribution is 5.92. The van der Waals surface area contributed by atoms with E-state index in [1.807, 2.05) is 35.2 Å². The van der Waals surface area contributed by atoms with Crippen LogP contribution in [0.4, 0.5) is 0 Å². The maximum atomic E-state index is 12.4. The van der Waals surface area contributed by atoms with Gasteiger partial charge in [-0.25, -0.2) is 0 Å². The zero-order valence-corrected chi connectivity index (χ0v) is 12.8. The van der Waals surface area contributed by atoms with Crippen LogP contribution in [0.2, 0.25) is 0 Å². The quantitative estimate of drug-likeness (QED) is 0.866. The molecule has 0 bridgehead atoms. The summed E-state index contributed by atoms with van der Waals surface area (Å²) in [6.45, 7) is 2.63. The zero-order chi connectivity index (χ0) is 15.2. The number of carbonyl (C=O) groups is 1. The Morgan fingerprint density at radius 3 is 2.71 bits per heavy atom. The van der Waals surface area contributed by atoms with Crippen molar-refractivity contribution in [3.05, 3.63) is 35.9 Å². The van der Waals surface area contributed by atoms with Crippen molar-refractivity contribution in [1.82, 2.24) is 4.90 Å². The van der Waals surface area contributed by atoms with E-state index in [0.29, 0.717) is 6.54 Å². The molecule has 21 heavy (non-hydrogen) atoms. The first-order chi connectivity index (χ1) is 10.2. The third-order valence-electron chi connectivity index (χ3n) is 4.09. The number of piperidine rings is 1. The molecular weight excluding hydrogens is 264 g/mol. The Bertz CT molecular complexity index is 496. The number of likely N-dealkylation sites (tertiary alicyclic amines) is 1. The van der Waals surface area contributed by atoms with Crippen LogP contribution in [0.3, 0.4) is 0 Å². The maximum absolute atomic E-state index is 12.4. The lowest BCUT2D eigenvalue weighted by molar-refractivity contribution is -0.132. The molecule has 2 atom stereocenters. The summed E-state index contributed by atoms with van der Waals surface area (Å²) in [7, 11) is 1.64. The molecule has 2 unspecified atom stereocenters. The highest BCUT2D eigenvalue weighted by Gasteiger charge is 2.29. The minimum Gasteiger partial charge on any atom is -0.497 e. The van der Waals surface area contributed by atoms with Crippen LogP contribution in [0, 0.1) is 0 Å². The van der Waals surface area contributed by atoms with Crippen LogP contribution in [0.15, 0.2) is 30.3 Å². The standard InChI is InChI=1S/C17H24N2O2/c1-13-4-3-5-15(12-18)19(13)17(20)11-8-14-6-9-16(21-2)10-7-14/h6-11,13,15H,3-5,12,18H2,1-2H3. The van der Waals surface area contributed by atoms with Gasteiger partial charge in [0.2, 0.25) is 5.91 Å². The summed E-state index contributed by atoms with van der Waals surface area (Å²) in [5.41, 5.74) is 6.79. The molecule has 1 aliphatic rings. The fourth-order valence-corrected chi connectivity index (χ4v) is 2.88. The number of amides is 1. The van der Waals surface area contributed by atoms with Gasteiger partial charge in [0, 0.05) is 24.7 Å². The topological polar surface area (TPSA) is 55.6 Å². The van der Waals surface area contributed by atoms with E-state index in [1.165, 1.54) is 0 Å². The molecule has 1 amide bonds. The molecule has 1 fully saturated rings. The number of benzene rings is 1. The molecular formula is C17H24N2O2. The van der Waals surface area contributed by atoms with Crippen LogP contribution < -0.4 is 10.5 Å². The fraction of sp³-hybridized carbons (Fsp3) is 0.471. The van der Waals surface area contributed by atoms with E-state index in [1.54, 1.807) is 13.2 Å². The van der Waals surface area contributed by atoms with E-state index < -0.39 is 0 Å². The summed E-state index contributed by atoms with van der Waals surface area (Å²) in [5, 5.41) is 0. The SMILES string of the molecule is COc1ccc(C=CC(=O)N2C(C)CCCC2CN)cc1. The van der Waals surface area contributed by atoms with Crippen LogP contribution >= 0.6 is 0 Å². The minimum absolute atomic E-state index is 0.0495. The first-order valence-electron chi connectivity index (χ1n) is 7.50. The molecule has 1 heterocycles. The van der Waals surface area contributed by atoms with E-state index in [9.17, 15) is 4.79 Å². The first-order valence-corrected chi connectivity index (χ1v) is 7.50. The molecule has 1 aromatic rings. The molecule has 0 spiro atoms. The molecule has 0 radical (unpaired) electrons. The van der Waals surface area contributed by atoms with Crippen molar-refractivity contribution in [2.75, 3.05) is 13.7 Å². The van der Waals surface area contributed by atoms with Gasteiger partial charge in [-0.3, -0.25) is 4.79 Å². The number of rotatable bonds is 4. The second kappa shape index (κ2) is 7.27. The molecule has 0 aliphatic carbocycles. The molecule has 114 valence electrons. The Morgan fingerprint density at radius 1 is 1.38 bits per heavy atom. The predicted molar refractivity (Wildman–Crippen MR) is 85.0 cm³/mol. The van der Waals surface area contributed by atoms with Crippen molar-refractivity contribution in [2.24, 2.45) is 5.73 Å². The maximum Gasteiger partial charge on any atom is 0.247 e. The Hall–Kier alpha value is -1.81. The summed E-state index contributed by atoms with van der Waals surface area (Å²) in [6, 6.07) is 8.07. The summed E-state index contributed by atoms with van der Waals surface area (Å²) >= 11 is 0. The smallest absolute Gasteiger partial charge is 0.247 e. The van der Waals surface area contributed by atoms with Crippen molar-refractivity contribution in [3.8, 4) is 5.75 Å². The lowest BCUT2D eigenvalue weighted by Crippen LogP contribution is -2.51. The molecule has 0 aromatic heterocycles. The highest BCUT2D eigenvalue weighted by Crippen LogP contribution is 2.23. The Balaban J connectivity index is 2.06. The third-order valence-corrected chi connectivity index (χ3v) is 4.09.